The minimum absolute atomic E-state index is 0.0185. The molecular weight excluding hydrogens is 358 g/mol. The molecule has 0 radical (unpaired) electrons. The van der Waals surface area contributed by atoms with E-state index in [9.17, 15) is 4.79 Å². The Morgan fingerprint density at radius 2 is 1.48 bits per heavy atom. The molecule has 1 fully saturated rings. The number of rotatable bonds is 6. The Morgan fingerprint density at radius 1 is 0.862 bits per heavy atom. The van der Waals surface area contributed by atoms with Crippen molar-refractivity contribution in [3.05, 3.63) is 90.1 Å². The van der Waals surface area contributed by atoms with Crippen LogP contribution in [0.1, 0.15) is 42.7 Å². The van der Waals surface area contributed by atoms with E-state index in [0.29, 0.717) is 12.2 Å². The summed E-state index contributed by atoms with van der Waals surface area (Å²) in [4.78, 5) is 19.6. The van der Waals surface area contributed by atoms with Crippen LogP contribution < -0.4 is 10.2 Å². The number of carbonyl (C=O) groups excluding carboxylic acids is 1. The first kappa shape index (κ1) is 19.2. The van der Waals surface area contributed by atoms with Crippen molar-refractivity contribution in [3.63, 3.8) is 0 Å². The third-order valence-electron chi connectivity index (χ3n) is 5.53. The third-order valence-corrected chi connectivity index (χ3v) is 5.53. The molecular formula is C25H27N3O. The number of amides is 1. The van der Waals surface area contributed by atoms with Gasteiger partial charge >= 0.3 is 0 Å². The Balaban J connectivity index is 1.44. The fraction of sp³-hybridized carbons (Fsp3) is 0.280. The topological polar surface area (TPSA) is 45.2 Å². The standard InChI is InChI=1S/C25H27N3O/c29-25(27-24-15-14-22(19-26-24)28-16-8-3-9-17-28)18-23(20-10-4-1-5-11-20)21-12-6-2-7-13-21/h1-2,4-7,10-15,19,23H,3,8-9,16-18H2,(H,26,27,29). The van der Waals surface area contributed by atoms with Crippen LogP contribution >= 0.6 is 0 Å². The third kappa shape index (κ3) is 5.02. The van der Waals surface area contributed by atoms with Crippen LogP contribution in [0.4, 0.5) is 11.5 Å². The average Bonchev–Trinajstić information content (AvgIpc) is 2.80. The summed E-state index contributed by atoms with van der Waals surface area (Å²) in [6.45, 7) is 2.17. The van der Waals surface area contributed by atoms with Gasteiger partial charge in [-0.05, 0) is 42.5 Å². The molecule has 0 spiro atoms. The zero-order valence-corrected chi connectivity index (χ0v) is 16.6. The van der Waals surface area contributed by atoms with Crippen molar-refractivity contribution in [3.8, 4) is 0 Å². The first-order chi connectivity index (χ1) is 14.3. The van der Waals surface area contributed by atoms with Gasteiger partial charge in [-0.1, -0.05) is 60.7 Å². The van der Waals surface area contributed by atoms with Crippen LogP contribution in [-0.2, 0) is 4.79 Å². The van der Waals surface area contributed by atoms with Gasteiger partial charge in [-0.3, -0.25) is 4.79 Å². The van der Waals surface area contributed by atoms with Crippen molar-refractivity contribution in [2.45, 2.75) is 31.6 Å². The largest absolute Gasteiger partial charge is 0.370 e. The fourth-order valence-corrected chi connectivity index (χ4v) is 3.98. The van der Waals surface area contributed by atoms with Crippen molar-refractivity contribution in [1.29, 1.82) is 0 Å². The van der Waals surface area contributed by atoms with Crippen molar-refractivity contribution < 1.29 is 4.79 Å². The van der Waals surface area contributed by atoms with E-state index in [2.05, 4.69) is 45.5 Å². The number of piperidine rings is 1. The maximum atomic E-state index is 12.8. The maximum absolute atomic E-state index is 12.8. The minimum Gasteiger partial charge on any atom is -0.370 e. The van der Waals surface area contributed by atoms with Crippen molar-refractivity contribution in [1.82, 2.24) is 4.98 Å². The Hall–Kier alpha value is -3.14. The van der Waals surface area contributed by atoms with E-state index in [1.165, 1.54) is 19.3 Å². The van der Waals surface area contributed by atoms with Gasteiger partial charge in [0.2, 0.25) is 5.91 Å². The predicted molar refractivity (Wildman–Crippen MR) is 118 cm³/mol. The molecule has 3 aromatic rings. The lowest BCUT2D eigenvalue weighted by atomic mass is 9.88. The van der Waals surface area contributed by atoms with E-state index in [1.807, 2.05) is 48.7 Å². The zero-order valence-electron chi connectivity index (χ0n) is 16.6. The van der Waals surface area contributed by atoms with Crippen LogP contribution in [0.25, 0.3) is 0 Å². The fourth-order valence-electron chi connectivity index (χ4n) is 3.98. The van der Waals surface area contributed by atoms with Gasteiger partial charge < -0.3 is 10.2 Å². The molecule has 4 rings (SSSR count). The normalized spacial score (nSPS) is 14.0. The molecule has 1 saturated heterocycles. The molecule has 2 heterocycles. The maximum Gasteiger partial charge on any atom is 0.226 e. The molecule has 0 saturated carbocycles. The molecule has 0 aliphatic carbocycles. The highest BCUT2D eigenvalue weighted by molar-refractivity contribution is 5.90. The number of pyridine rings is 1. The summed E-state index contributed by atoms with van der Waals surface area (Å²) < 4.78 is 0. The quantitative estimate of drug-likeness (QED) is 0.632. The van der Waals surface area contributed by atoms with Crippen LogP contribution in [0.3, 0.4) is 0 Å². The summed E-state index contributed by atoms with van der Waals surface area (Å²) in [5, 5.41) is 2.97. The molecule has 29 heavy (non-hydrogen) atoms. The Labute approximate surface area is 172 Å². The summed E-state index contributed by atoms with van der Waals surface area (Å²) in [5.41, 5.74) is 3.42. The molecule has 1 amide bonds. The molecule has 1 aliphatic heterocycles. The van der Waals surface area contributed by atoms with E-state index >= 15 is 0 Å². The van der Waals surface area contributed by atoms with Crippen molar-refractivity contribution in [2.24, 2.45) is 0 Å². The first-order valence-electron chi connectivity index (χ1n) is 10.4. The molecule has 4 heteroatoms. The van der Waals surface area contributed by atoms with Crippen LogP contribution in [0.15, 0.2) is 79.0 Å². The number of aromatic nitrogens is 1. The van der Waals surface area contributed by atoms with E-state index in [-0.39, 0.29) is 11.8 Å². The zero-order chi connectivity index (χ0) is 19.9. The van der Waals surface area contributed by atoms with Gasteiger partial charge in [0.1, 0.15) is 5.82 Å². The van der Waals surface area contributed by atoms with E-state index in [4.69, 9.17) is 0 Å². The Kier molecular flexibility index (Phi) is 6.20. The summed E-state index contributed by atoms with van der Waals surface area (Å²) in [7, 11) is 0. The number of carbonyl (C=O) groups is 1. The van der Waals surface area contributed by atoms with Crippen molar-refractivity contribution >= 4 is 17.4 Å². The van der Waals surface area contributed by atoms with Gasteiger partial charge in [-0.15, -0.1) is 0 Å². The number of benzene rings is 2. The lowest BCUT2D eigenvalue weighted by Gasteiger charge is -2.28. The molecule has 1 aliphatic rings. The molecule has 1 N–H and O–H groups in total. The molecule has 1 aromatic heterocycles. The molecule has 2 aromatic carbocycles. The summed E-state index contributed by atoms with van der Waals surface area (Å²) >= 11 is 0. The molecule has 148 valence electrons. The number of nitrogens with one attached hydrogen (secondary N) is 1. The summed E-state index contributed by atoms with van der Waals surface area (Å²) in [6, 6.07) is 24.4. The second-order valence-corrected chi connectivity index (χ2v) is 7.58. The summed E-state index contributed by atoms with van der Waals surface area (Å²) in [5.74, 6) is 0.599. The Morgan fingerprint density at radius 3 is 2.03 bits per heavy atom. The van der Waals surface area contributed by atoms with E-state index < -0.39 is 0 Å². The monoisotopic (exact) mass is 385 g/mol. The first-order valence-corrected chi connectivity index (χ1v) is 10.4. The molecule has 0 atom stereocenters. The number of hydrogen-bond acceptors (Lipinski definition) is 3. The second-order valence-electron chi connectivity index (χ2n) is 7.58. The van der Waals surface area contributed by atoms with Crippen LogP contribution in [0.2, 0.25) is 0 Å². The van der Waals surface area contributed by atoms with Crippen molar-refractivity contribution in [2.75, 3.05) is 23.3 Å². The second kappa shape index (κ2) is 9.37. The molecule has 0 unspecified atom stereocenters. The number of anilines is 2. The lowest BCUT2D eigenvalue weighted by Crippen LogP contribution is -2.29. The van der Waals surface area contributed by atoms with E-state index in [1.54, 1.807) is 0 Å². The van der Waals surface area contributed by atoms with E-state index in [0.717, 1.165) is 29.9 Å². The minimum atomic E-state index is -0.0269. The average molecular weight is 386 g/mol. The van der Waals surface area contributed by atoms with Gasteiger partial charge in [0.15, 0.2) is 0 Å². The highest BCUT2D eigenvalue weighted by atomic mass is 16.1. The number of hydrogen-bond donors (Lipinski definition) is 1. The SMILES string of the molecule is O=C(CC(c1ccccc1)c1ccccc1)Nc1ccc(N2CCCCC2)cn1. The molecule has 0 bridgehead atoms. The van der Waals surface area contributed by atoms with Gasteiger partial charge in [0.25, 0.3) is 0 Å². The smallest absolute Gasteiger partial charge is 0.226 e. The predicted octanol–water partition coefficient (Wildman–Crippen LogP) is 5.23. The van der Waals surface area contributed by atoms with Gasteiger partial charge in [-0.25, -0.2) is 4.98 Å². The molecule has 4 nitrogen and oxygen atoms in total. The van der Waals surface area contributed by atoms with Gasteiger partial charge in [0.05, 0.1) is 11.9 Å². The number of nitrogens with zero attached hydrogens (tertiary/aromatic N) is 2. The highest BCUT2D eigenvalue weighted by Crippen LogP contribution is 2.28. The highest BCUT2D eigenvalue weighted by Gasteiger charge is 2.18. The Bertz CT molecular complexity index is 864. The lowest BCUT2D eigenvalue weighted by molar-refractivity contribution is -0.116. The van der Waals surface area contributed by atoms with Crippen LogP contribution in [-0.4, -0.2) is 24.0 Å². The van der Waals surface area contributed by atoms with Crippen LogP contribution in [0.5, 0.6) is 0 Å². The van der Waals surface area contributed by atoms with Crippen LogP contribution in [0, 0.1) is 0 Å². The summed E-state index contributed by atoms with van der Waals surface area (Å²) in [6.07, 6.45) is 6.02. The van der Waals surface area contributed by atoms with Gasteiger partial charge in [0, 0.05) is 25.4 Å². The van der Waals surface area contributed by atoms with Gasteiger partial charge in [-0.2, -0.15) is 0 Å².